The van der Waals surface area contributed by atoms with Gasteiger partial charge in [0, 0.05) is 5.57 Å². The monoisotopic (exact) mass is 498 g/mol. The number of rotatable bonds is 12. The Bertz CT molecular complexity index is 820. The minimum Gasteiger partial charge on any atom is -0.481 e. The van der Waals surface area contributed by atoms with Gasteiger partial charge in [-0.15, -0.1) is 11.8 Å². The molecule has 1 rings (SSSR count). The fraction of sp³-hybridized carbons (Fsp3) is 0.478. The van der Waals surface area contributed by atoms with E-state index in [-0.39, 0.29) is 30.9 Å². The Labute approximate surface area is 203 Å². The number of benzene rings is 1. The Balaban J connectivity index is 2.54. The second kappa shape index (κ2) is 14.3. The lowest BCUT2D eigenvalue weighted by Gasteiger charge is -2.20. The van der Waals surface area contributed by atoms with E-state index in [0.29, 0.717) is 21.9 Å². The largest absolute Gasteiger partial charge is 0.481 e. The maximum Gasteiger partial charge on any atom is 0.334 e. The van der Waals surface area contributed by atoms with Crippen molar-refractivity contribution >= 4 is 63.3 Å². The number of esters is 2. The molecule has 0 aliphatic rings. The molecule has 0 saturated heterocycles. The average Bonchev–Trinajstić information content (AvgIpc) is 2.75. The number of ether oxygens (including phenoxy) is 2. The Morgan fingerprint density at radius 2 is 1.72 bits per heavy atom. The Hall–Kier alpha value is -1.84. The molecule has 9 heteroatoms. The van der Waals surface area contributed by atoms with Crippen LogP contribution in [-0.2, 0) is 23.9 Å². The maximum absolute atomic E-state index is 12.6. The highest BCUT2D eigenvalue weighted by Crippen LogP contribution is 2.27. The van der Waals surface area contributed by atoms with Crippen LogP contribution in [0.25, 0.3) is 6.08 Å². The molecule has 0 amide bonds. The second-order valence-electron chi connectivity index (χ2n) is 7.67. The summed E-state index contributed by atoms with van der Waals surface area (Å²) in [6, 6.07) is 9.21. The number of carbonyl (C=O) groups is 3. The number of thioether (sulfide) groups is 2. The van der Waals surface area contributed by atoms with Crippen molar-refractivity contribution < 1.29 is 29.0 Å². The molecule has 0 saturated carbocycles. The Kier molecular flexibility index (Phi) is 12.6. The van der Waals surface area contributed by atoms with Crippen LogP contribution in [0.4, 0.5) is 0 Å². The van der Waals surface area contributed by atoms with E-state index in [4.69, 9.17) is 21.7 Å². The third kappa shape index (κ3) is 10.7. The van der Waals surface area contributed by atoms with Crippen LogP contribution < -0.4 is 0 Å². The summed E-state index contributed by atoms with van der Waals surface area (Å²) in [4.78, 5) is 36.1. The van der Waals surface area contributed by atoms with Gasteiger partial charge in [0.25, 0.3) is 0 Å². The highest BCUT2D eigenvalue weighted by Gasteiger charge is 2.31. The van der Waals surface area contributed by atoms with Crippen molar-refractivity contribution in [2.24, 2.45) is 5.41 Å². The highest BCUT2D eigenvalue weighted by atomic mass is 32.2. The van der Waals surface area contributed by atoms with E-state index < -0.39 is 17.4 Å². The van der Waals surface area contributed by atoms with Gasteiger partial charge >= 0.3 is 17.9 Å². The summed E-state index contributed by atoms with van der Waals surface area (Å²) in [5.74, 6) is -1.86. The lowest BCUT2D eigenvalue weighted by molar-refractivity contribution is -0.147. The molecule has 0 aliphatic carbocycles. The summed E-state index contributed by atoms with van der Waals surface area (Å²) in [6.07, 6.45) is 4.62. The zero-order valence-corrected chi connectivity index (χ0v) is 21.2. The van der Waals surface area contributed by atoms with E-state index >= 15 is 0 Å². The van der Waals surface area contributed by atoms with Crippen LogP contribution in [0.2, 0.25) is 0 Å². The van der Waals surface area contributed by atoms with Crippen LogP contribution in [-0.4, -0.2) is 51.3 Å². The van der Waals surface area contributed by atoms with E-state index in [0.717, 1.165) is 5.56 Å². The molecule has 1 aromatic rings. The molecule has 1 unspecified atom stereocenters. The highest BCUT2D eigenvalue weighted by molar-refractivity contribution is 8.47. The molecule has 0 heterocycles. The smallest absolute Gasteiger partial charge is 0.334 e. The van der Waals surface area contributed by atoms with Gasteiger partial charge in [-0.2, -0.15) is 0 Å². The number of aliphatic carboxylic acids is 1. The first-order chi connectivity index (χ1) is 15.1. The second-order valence-corrected chi connectivity index (χ2v) is 11.0. The van der Waals surface area contributed by atoms with Crippen molar-refractivity contribution in [3.8, 4) is 0 Å². The first-order valence-electron chi connectivity index (χ1n) is 10.1. The molecule has 0 radical (unpaired) electrons. The van der Waals surface area contributed by atoms with E-state index in [2.05, 4.69) is 0 Å². The predicted molar refractivity (Wildman–Crippen MR) is 135 cm³/mol. The van der Waals surface area contributed by atoms with Crippen LogP contribution in [0.1, 0.15) is 45.6 Å². The number of carboxylic acids is 1. The zero-order valence-electron chi connectivity index (χ0n) is 18.8. The van der Waals surface area contributed by atoms with Crippen LogP contribution in [0.5, 0.6) is 0 Å². The van der Waals surface area contributed by atoms with Crippen molar-refractivity contribution in [2.75, 3.05) is 19.5 Å². The number of carboxylic acid groups (broad SMARTS) is 1. The minimum absolute atomic E-state index is 0.0428. The molecular formula is C23H30O6S3. The molecular weight excluding hydrogens is 468 g/mol. The zero-order chi connectivity index (χ0) is 24.1. The normalized spacial score (nSPS) is 12.7. The number of hydrogen-bond acceptors (Lipinski definition) is 8. The topological polar surface area (TPSA) is 89.9 Å². The van der Waals surface area contributed by atoms with Crippen LogP contribution in [0.15, 0.2) is 35.9 Å². The van der Waals surface area contributed by atoms with Gasteiger partial charge < -0.3 is 14.6 Å². The van der Waals surface area contributed by atoms with E-state index in [1.54, 1.807) is 26.8 Å². The summed E-state index contributed by atoms with van der Waals surface area (Å²) in [5, 5.41) is 9.06. The fourth-order valence-electron chi connectivity index (χ4n) is 2.48. The van der Waals surface area contributed by atoms with Crippen molar-refractivity contribution in [2.45, 2.75) is 45.3 Å². The van der Waals surface area contributed by atoms with E-state index in [1.807, 2.05) is 36.6 Å². The molecule has 176 valence electrons. The molecule has 0 spiro atoms. The SMILES string of the molecule is CSC(=S)SC(C)C(=O)OCCCCOC(=O)/C(=C/c1ccccc1)CC(C)(C)C(=O)O. The quantitative estimate of drug-likeness (QED) is 0.181. The van der Waals surface area contributed by atoms with Crippen LogP contribution in [0, 0.1) is 5.41 Å². The minimum atomic E-state index is -1.11. The van der Waals surface area contributed by atoms with Crippen LogP contribution in [0.3, 0.4) is 0 Å². The molecule has 0 fully saturated rings. The Morgan fingerprint density at radius 1 is 1.12 bits per heavy atom. The standard InChI is InChI=1S/C23H30O6S3/c1-16(32-22(30)31-4)19(24)28-12-8-9-13-29-20(25)18(15-23(2,3)21(26)27)14-17-10-6-5-7-11-17/h5-7,10-11,14,16H,8-9,12-13,15H2,1-4H3,(H,26,27)/b18-14+. The molecule has 0 bridgehead atoms. The van der Waals surface area contributed by atoms with Gasteiger partial charge in [-0.3, -0.25) is 9.59 Å². The van der Waals surface area contributed by atoms with Crippen molar-refractivity contribution in [3.05, 3.63) is 41.5 Å². The Morgan fingerprint density at radius 3 is 2.28 bits per heavy atom. The summed E-state index contributed by atoms with van der Waals surface area (Å²) >= 11 is 7.80. The molecule has 1 aromatic carbocycles. The first kappa shape index (κ1) is 28.2. The van der Waals surface area contributed by atoms with Gasteiger partial charge in [0.1, 0.15) is 8.78 Å². The van der Waals surface area contributed by atoms with E-state index in [1.165, 1.54) is 23.5 Å². The molecule has 1 N–H and O–H groups in total. The number of hydrogen-bond donors (Lipinski definition) is 1. The van der Waals surface area contributed by atoms with Gasteiger partial charge in [0.2, 0.25) is 0 Å². The summed E-state index contributed by atoms with van der Waals surface area (Å²) < 4.78 is 11.3. The molecule has 0 aromatic heterocycles. The van der Waals surface area contributed by atoms with Crippen LogP contribution >= 0.6 is 35.7 Å². The molecule has 1 atom stereocenters. The summed E-state index contributed by atoms with van der Waals surface area (Å²) in [5.41, 5.74) is -0.0210. The average molecular weight is 499 g/mol. The molecule has 32 heavy (non-hydrogen) atoms. The van der Waals surface area contributed by atoms with Crippen molar-refractivity contribution in [3.63, 3.8) is 0 Å². The fourth-order valence-corrected chi connectivity index (χ4v) is 4.18. The lowest BCUT2D eigenvalue weighted by atomic mass is 9.85. The molecule has 0 aliphatic heterocycles. The van der Waals surface area contributed by atoms with Gasteiger partial charge in [0.05, 0.1) is 18.6 Å². The molecule has 6 nitrogen and oxygen atoms in total. The lowest BCUT2D eigenvalue weighted by Crippen LogP contribution is -2.26. The van der Waals surface area contributed by atoms with Gasteiger partial charge in [-0.05, 0) is 57.9 Å². The van der Waals surface area contributed by atoms with Gasteiger partial charge in [-0.25, -0.2) is 4.79 Å². The van der Waals surface area contributed by atoms with Crippen molar-refractivity contribution in [1.29, 1.82) is 0 Å². The third-order valence-corrected chi connectivity index (χ3v) is 7.05. The number of thiocarbonyl (C=S) groups is 1. The third-order valence-electron chi connectivity index (χ3n) is 4.40. The summed E-state index contributed by atoms with van der Waals surface area (Å²) in [6.45, 7) is 5.27. The summed E-state index contributed by atoms with van der Waals surface area (Å²) in [7, 11) is 0. The number of carbonyl (C=O) groups excluding carboxylic acids is 2. The number of unbranched alkanes of at least 4 members (excludes halogenated alkanes) is 1. The van der Waals surface area contributed by atoms with Gasteiger partial charge in [0.15, 0.2) is 0 Å². The van der Waals surface area contributed by atoms with Crippen molar-refractivity contribution in [1.82, 2.24) is 0 Å². The maximum atomic E-state index is 12.6. The van der Waals surface area contributed by atoms with E-state index in [9.17, 15) is 19.5 Å². The predicted octanol–water partition coefficient (Wildman–Crippen LogP) is 5.21. The first-order valence-corrected chi connectivity index (χ1v) is 12.7. The van der Waals surface area contributed by atoms with Gasteiger partial charge in [-0.1, -0.05) is 54.3 Å².